The molecule has 25 heavy (non-hydrogen) atoms. The number of aromatic nitrogens is 2. The Morgan fingerprint density at radius 1 is 1.12 bits per heavy atom. The zero-order valence-electron chi connectivity index (χ0n) is 14.0. The van der Waals surface area contributed by atoms with Gasteiger partial charge in [0.2, 0.25) is 0 Å². The smallest absolute Gasteiger partial charge is 0.292 e. The number of anilines is 1. The van der Waals surface area contributed by atoms with Gasteiger partial charge in [0.25, 0.3) is 5.91 Å². The van der Waals surface area contributed by atoms with Gasteiger partial charge in [-0.1, -0.05) is 29.8 Å². The number of H-pyrrole nitrogens is 1. The summed E-state index contributed by atoms with van der Waals surface area (Å²) in [5.41, 5.74) is 5.61. The Labute approximate surface area is 144 Å². The molecular weight excluding hydrogens is 314 g/mol. The Balaban J connectivity index is 1.69. The molecule has 124 valence electrons. The number of carbonyl (C=O) groups is 1. The number of fused-ring (bicyclic) bond motifs is 1. The summed E-state index contributed by atoms with van der Waals surface area (Å²) in [6, 6.07) is 15.7. The molecule has 5 nitrogen and oxygen atoms in total. The van der Waals surface area contributed by atoms with Gasteiger partial charge in [0.15, 0.2) is 11.6 Å². The van der Waals surface area contributed by atoms with Crippen LogP contribution in [0.15, 0.2) is 59.2 Å². The number of carbonyl (C=O) groups excluding carboxylic acids is 1. The van der Waals surface area contributed by atoms with Crippen molar-refractivity contribution >= 4 is 22.6 Å². The molecule has 4 aromatic rings. The molecule has 2 aromatic heterocycles. The molecule has 0 unspecified atom stereocenters. The Kier molecular flexibility index (Phi) is 3.61. The molecule has 2 N–H and O–H groups in total. The maximum absolute atomic E-state index is 12.1. The topological polar surface area (TPSA) is 70.9 Å². The number of nitrogens with zero attached hydrogens (tertiary/aromatic N) is 1. The minimum Gasteiger partial charge on any atom is -0.459 e. The summed E-state index contributed by atoms with van der Waals surface area (Å²) in [4.78, 5) is 12.1. The van der Waals surface area contributed by atoms with Crippen LogP contribution in [0.1, 0.15) is 21.7 Å². The second-order valence-corrected chi connectivity index (χ2v) is 6.08. The molecule has 0 aliphatic rings. The fourth-order valence-electron chi connectivity index (χ4n) is 2.91. The second-order valence-electron chi connectivity index (χ2n) is 6.08. The first-order valence-corrected chi connectivity index (χ1v) is 8.02. The maximum atomic E-state index is 12.1. The fourth-order valence-corrected chi connectivity index (χ4v) is 2.91. The van der Waals surface area contributed by atoms with Gasteiger partial charge in [-0.15, -0.1) is 0 Å². The van der Waals surface area contributed by atoms with Crippen molar-refractivity contribution in [3.05, 3.63) is 71.7 Å². The zero-order chi connectivity index (χ0) is 17.4. The number of aromatic amines is 1. The quantitative estimate of drug-likeness (QED) is 0.572. The molecule has 0 spiro atoms. The number of nitrogens with one attached hydrogen (secondary N) is 2. The van der Waals surface area contributed by atoms with Crippen molar-refractivity contribution in [2.75, 3.05) is 5.32 Å². The van der Waals surface area contributed by atoms with Gasteiger partial charge in [0, 0.05) is 5.39 Å². The summed E-state index contributed by atoms with van der Waals surface area (Å²) in [6.45, 7) is 4.18. The Hall–Kier alpha value is -3.34. The number of furan rings is 1. The van der Waals surface area contributed by atoms with Crippen molar-refractivity contribution in [1.82, 2.24) is 10.2 Å². The number of benzene rings is 2. The van der Waals surface area contributed by atoms with E-state index >= 15 is 0 Å². The molecule has 0 fully saturated rings. The third-order valence-electron chi connectivity index (χ3n) is 4.24. The second kappa shape index (κ2) is 5.94. The molecule has 0 saturated heterocycles. The van der Waals surface area contributed by atoms with E-state index in [0.717, 1.165) is 16.5 Å². The minimum absolute atomic E-state index is 0.253. The van der Waals surface area contributed by atoms with Gasteiger partial charge in [-0.2, -0.15) is 5.10 Å². The summed E-state index contributed by atoms with van der Waals surface area (Å²) < 4.78 is 5.11. The lowest BCUT2D eigenvalue weighted by atomic mass is 9.98. The highest BCUT2D eigenvalue weighted by atomic mass is 16.3. The lowest BCUT2D eigenvalue weighted by Crippen LogP contribution is -2.11. The summed E-state index contributed by atoms with van der Waals surface area (Å²) in [7, 11) is 0. The molecule has 4 rings (SSSR count). The zero-order valence-corrected chi connectivity index (χ0v) is 14.0. The van der Waals surface area contributed by atoms with E-state index in [0.29, 0.717) is 5.82 Å². The van der Waals surface area contributed by atoms with Gasteiger partial charge in [0.1, 0.15) is 0 Å². The summed E-state index contributed by atoms with van der Waals surface area (Å²) in [6.07, 6.45) is 1.47. The SMILES string of the molecule is Cc1ccc(C)c(-c2ccc3c(NC(=O)c4ccco4)n[nH]c3c2)c1. The van der Waals surface area contributed by atoms with Crippen LogP contribution < -0.4 is 5.32 Å². The average molecular weight is 331 g/mol. The molecule has 0 saturated carbocycles. The van der Waals surface area contributed by atoms with Crippen LogP contribution in [-0.4, -0.2) is 16.1 Å². The van der Waals surface area contributed by atoms with Crippen LogP contribution in [0.2, 0.25) is 0 Å². The lowest BCUT2D eigenvalue weighted by Gasteiger charge is -2.08. The summed E-state index contributed by atoms with van der Waals surface area (Å²) >= 11 is 0. The number of rotatable bonds is 3. The van der Waals surface area contributed by atoms with Gasteiger partial charge in [-0.05, 0) is 54.8 Å². The number of aryl methyl sites for hydroxylation is 2. The molecule has 0 bridgehead atoms. The highest BCUT2D eigenvalue weighted by molar-refractivity contribution is 6.06. The Morgan fingerprint density at radius 2 is 2.00 bits per heavy atom. The summed E-state index contributed by atoms with van der Waals surface area (Å²) in [5, 5.41) is 10.8. The molecule has 5 heteroatoms. The van der Waals surface area contributed by atoms with E-state index in [4.69, 9.17) is 4.42 Å². The first-order valence-electron chi connectivity index (χ1n) is 8.02. The monoisotopic (exact) mass is 331 g/mol. The lowest BCUT2D eigenvalue weighted by molar-refractivity contribution is 0.0996. The van der Waals surface area contributed by atoms with Crippen LogP contribution in [0.3, 0.4) is 0 Å². The van der Waals surface area contributed by atoms with Crippen LogP contribution in [0.25, 0.3) is 22.0 Å². The van der Waals surface area contributed by atoms with Gasteiger partial charge in [-0.3, -0.25) is 9.89 Å². The van der Waals surface area contributed by atoms with Crippen molar-refractivity contribution in [2.24, 2.45) is 0 Å². The summed E-state index contributed by atoms with van der Waals surface area (Å²) in [5.74, 6) is 0.420. The van der Waals surface area contributed by atoms with E-state index in [1.807, 2.05) is 18.2 Å². The highest BCUT2D eigenvalue weighted by Crippen LogP contribution is 2.29. The molecular formula is C20H17N3O2. The molecule has 0 atom stereocenters. The first-order chi connectivity index (χ1) is 12.1. The van der Waals surface area contributed by atoms with Crippen LogP contribution in [-0.2, 0) is 0 Å². The van der Waals surface area contributed by atoms with Gasteiger partial charge >= 0.3 is 0 Å². The third-order valence-corrected chi connectivity index (χ3v) is 4.24. The van der Waals surface area contributed by atoms with Crippen LogP contribution in [0, 0.1) is 13.8 Å². The van der Waals surface area contributed by atoms with Crippen LogP contribution in [0.5, 0.6) is 0 Å². The van der Waals surface area contributed by atoms with Crippen molar-refractivity contribution in [1.29, 1.82) is 0 Å². The van der Waals surface area contributed by atoms with Crippen LogP contribution >= 0.6 is 0 Å². The molecule has 0 aliphatic carbocycles. The van der Waals surface area contributed by atoms with Crippen molar-refractivity contribution in [2.45, 2.75) is 13.8 Å². The Morgan fingerprint density at radius 3 is 2.80 bits per heavy atom. The van der Waals surface area contributed by atoms with Gasteiger partial charge in [-0.25, -0.2) is 0 Å². The molecule has 0 radical (unpaired) electrons. The van der Waals surface area contributed by atoms with E-state index in [-0.39, 0.29) is 11.7 Å². The van der Waals surface area contributed by atoms with Gasteiger partial charge in [0.05, 0.1) is 11.8 Å². The van der Waals surface area contributed by atoms with Gasteiger partial charge < -0.3 is 9.73 Å². The standard InChI is InChI=1S/C20H17N3O2/c1-12-5-6-13(2)16(10-12)14-7-8-15-17(11-14)22-23-19(15)21-20(24)18-4-3-9-25-18/h3-11H,1-2H3,(H2,21,22,23,24). The predicted octanol–water partition coefficient (Wildman–Crippen LogP) is 4.69. The first kappa shape index (κ1) is 15.2. The molecule has 1 amide bonds. The molecule has 2 heterocycles. The van der Waals surface area contributed by atoms with Crippen molar-refractivity contribution < 1.29 is 9.21 Å². The fraction of sp³-hybridized carbons (Fsp3) is 0.100. The maximum Gasteiger partial charge on any atom is 0.292 e. The predicted molar refractivity (Wildman–Crippen MR) is 97.7 cm³/mol. The van der Waals surface area contributed by atoms with E-state index in [1.165, 1.54) is 23.0 Å². The van der Waals surface area contributed by atoms with Crippen molar-refractivity contribution in [3.8, 4) is 11.1 Å². The third kappa shape index (κ3) is 2.80. The van der Waals surface area contributed by atoms with E-state index in [9.17, 15) is 4.79 Å². The highest BCUT2D eigenvalue weighted by Gasteiger charge is 2.14. The average Bonchev–Trinajstić information content (AvgIpc) is 3.27. The van der Waals surface area contributed by atoms with E-state index < -0.39 is 0 Å². The normalized spacial score (nSPS) is 11.0. The number of hydrogen-bond acceptors (Lipinski definition) is 3. The van der Waals surface area contributed by atoms with E-state index in [2.05, 4.69) is 47.6 Å². The van der Waals surface area contributed by atoms with Crippen LogP contribution in [0.4, 0.5) is 5.82 Å². The molecule has 0 aliphatic heterocycles. The number of hydrogen-bond donors (Lipinski definition) is 2. The van der Waals surface area contributed by atoms with Crippen molar-refractivity contribution in [3.63, 3.8) is 0 Å². The van der Waals surface area contributed by atoms with E-state index in [1.54, 1.807) is 12.1 Å². The largest absolute Gasteiger partial charge is 0.459 e. The minimum atomic E-state index is -0.322. The molecule has 2 aromatic carbocycles. The number of amides is 1. The Bertz CT molecular complexity index is 1060.